The molecule has 0 aliphatic carbocycles. The molecule has 2 amide bonds. The summed E-state index contributed by atoms with van der Waals surface area (Å²) in [6.45, 7) is 3.98. The number of rotatable bonds is 5. The molecule has 0 spiro atoms. The topological polar surface area (TPSA) is 64.7 Å². The van der Waals surface area contributed by atoms with Gasteiger partial charge in [-0.05, 0) is 30.5 Å². The quantitative estimate of drug-likeness (QED) is 0.814. The molecule has 0 saturated carbocycles. The molecule has 2 N–H and O–H groups in total. The van der Waals surface area contributed by atoms with Gasteiger partial charge in [-0.3, -0.25) is 14.5 Å². The number of hydrogen-bond donors (Lipinski definition) is 2. The number of benzene rings is 1. The number of nitrogens with zero attached hydrogens (tertiary/aromatic N) is 2. The Morgan fingerprint density at radius 1 is 1.24 bits per heavy atom. The van der Waals surface area contributed by atoms with Crippen LogP contribution >= 0.6 is 0 Å². The lowest BCUT2D eigenvalue weighted by atomic mass is 10.0. The Labute approximate surface area is 147 Å². The molecule has 2 fully saturated rings. The van der Waals surface area contributed by atoms with Crippen LogP contribution in [0.3, 0.4) is 0 Å². The second-order valence-corrected chi connectivity index (χ2v) is 6.61. The van der Waals surface area contributed by atoms with Crippen LogP contribution in [0.4, 0.5) is 4.39 Å². The maximum atomic E-state index is 13.5. The zero-order valence-corrected chi connectivity index (χ0v) is 14.3. The molecule has 136 valence electrons. The number of carbonyl (C=O) groups excluding carboxylic acids is 2. The normalized spacial score (nSPS) is 21.3. The zero-order chi connectivity index (χ0) is 17.6. The summed E-state index contributed by atoms with van der Waals surface area (Å²) in [5.41, 5.74) is 0.855. The number of piperazine rings is 1. The molecule has 1 unspecified atom stereocenters. The van der Waals surface area contributed by atoms with Gasteiger partial charge in [-0.1, -0.05) is 12.1 Å². The molecule has 1 atom stereocenters. The van der Waals surface area contributed by atoms with Crippen LogP contribution in [0.15, 0.2) is 24.3 Å². The zero-order valence-electron chi connectivity index (χ0n) is 14.3. The van der Waals surface area contributed by atoms with Gasteiger partial charge in [0.2, 0.25) is 11.8 Å². The smallest absolute Gasteiger partial charge is 0.241 e. The highest BCUT2D eigenvalue weighted by molar-refractivity contribution is 5.85. The first-order valence-electron chi connectivity index (χ1n) is 8.88. The third-order valence-corrected chi connectivity index (χ3v) is 4.83. The van der Waals surface area contributed by atoms with Crippen molar-refractivity contribution in [2.45, 2.75) is 18.9 Å². The van der Waals surface area contributed by atoms with E-state index in [4.69, 9.17) is 0 Å². The van der Waals surface area contributed by atoms with Crippen LogP contribution in [-0.4, -0.2) is 67.4 Å². The van der Waals surface area contributed by atoms with E-state index in [0.717, 1.165) is 38.0 Å². The second kappa shape index (κ2) is 8.40. The van der Waals surface area contributed by atoms with E-state index >= 15 is 0 Å². The number of hydrogen-bond acceptors (Lipinski definition) is 4. The van der Waals surface area contributed by atoms with Gasteiger partial charge in [-0.25, -0.2) is 4.39 Å². The van der Waals surface area contributed by atoms with Crippen LogP contribution in [0.2, 0.25) is 0 Å². The van der Waals surface area contributed by atoms with E-state index in [1.807, 2.05) is 11.0 Å². The van der Waals surface area contributed by atoms with Gasteiger partial charge in [0, 0.05) is 38.8 Å². The van der Waals surface area contributed by atoms with E-state index in [9.17, 15) is 14.0 Å². The average molecular weight is 348 g/mol. The van der Waals surface area contributed by atoms with E-state index in [1.54, 1.807) is 11.0 Å². The highest BCUT2D eigenvalue weighted by atomic mass is 19.1. The molecular weight excluding hydrogens is 323 g/mol. The Balaban J connectivity index is 1.54. The molecule has 2 saturated heterocycles. The molecule has 1 aromatic carbocycles. The van der Waals surface area contributed by atoms with Gasteiger partial charge in [-0.15, -0.1) is 0 Å². The summed E-state index contributed by atoms with van der Waals surface area (Å²) in [7, 11) is 0. The Bertz CT molecular complexity index is 619. The standard InChI is InChI=1S/C18H25FN4O2/c19-15-5-3-4-14(10-15)16-11-20-6-9-23(16)13-17(24)21-12-18(25)22-7-1-2-8-22/h3-5,10,16,20H,1-2,6-9,11-13H2,(H,21,24). The summed E-state index contributed by atoms with van der Waals surface area (Å²) >= 11 is 0. The fourth-order valence-electron chi connectivity index (χ4n) is 3.47. The lowest BCUT2D eigenvalue weighted by Gasteiger charge is -2.36. The van der Waals surface area contributed by atoms with E-state index in [2.05, 4.69) is 10.6 Å². The molecule has 0 aromatic heterocycles. The van der Waals surface area contributed by atoms with E-state index in [-0.39, 0.29) is 36.8 Å². The molecule has 6 nitrogen and oxygen atoms in total. The van der Waals surface area contributed by atoms with Crippen molar-refractivity contribution in [3.8, 4) is 0 Å². The van der Waals surface area contributed by atoms with Gasteiger partial charge >= 0.3 is 0 Å². The predicted molar refractivity (Wildman–Crippen MR) is 92.4 cm³/mol. The Morgan fingerprint density at radius 2 is 2.04 bits per heavy atom. The Hall–Kier alpha value is -1.99. The molecule has 3 rings (SSSR count). The van der Waals surface area contributed by atoms with Crippen molar-refractivity contribution in [2.24, 2.45) is 0 Å². The first kappa shape index (κ1) is 17.8. The van der Waals surface area contributed by atoms with Gasteiger partial charge in [0.25, 0.3) is 0 Å². The van der Waals surface area contributed by atoms with Crippen LogP contribution in [0, 0.1) is 5.82 Å². The fraction of sp³-hybridized carbons (Fsp3) is 0.556. The van der Waals surface area contributed by atoms with Crippen molar-refractivity contribution >= 4 is 11.8 Å². The van der Waals surface area contributed by atoms with E-state index in [1.165, 1.54) is 12.1 Å². The van der Waals surface area contributed by atoms with Crippen LogP contribution in [-0.2, 0) is 9.59 Å². The van der Waals surface area contributed by atoms with Crippen LogP contribution < -0.4 is 10.6 Å². The monoisotopic (exact) mass is 348 g/mol. The van der Waals surface area contributed by atoms with Gasteiger partial charge < -0.3 is 15.5 Å². The van der Waals surface area contributed by atoms with Crippen molar-refractivity contribution in [3.05, 3.63) is 35.6 Å². The molecule has 7 heteroatoms. The Kier molecular flexibility index (Phi) is 5.99. The molecule has 2 aliphatic rings. The molecular formula is C18H25FN4O2. The molecule has 0 bridgehead atoms. The average Bonchev–Trinajstić information content (AvgIpc) is 3.15. The molecule has 2 heterocycles. The number of carbonyl (C=O) groups is 2. The first-order chi connectivity index (χ1) is 12.1. The first-order valence-corrected chi connectivity index (χ1v) is 8.88. The third-order valence-electron chi connectivity index (χ3n) is 4.83. The summed E-state index contributed by atoms with van der Waals surface area (Å²) in [5, 5.41) is 6.01. The van der Waals surface area contributed by atoms with Crippen LogP contribution in [0.5, 0.6) is 0 Å². The minimum Gasteiger partial charge on any atom is -0.346 e. The maximum Gasteiger partial charge on any atom is 0.241 e. The van der Waals surface area contributed by atoms with Crippen LogP contribution in [0.1, 0.15) is 24.4 Å². The van der Waals surface area contributed by atoms with Crippen molar-refractivity contribution < 1.29 is 14.0 Å². The highest BCUT2D eigenvalue weighted by Gasteiger charge is 2.26. The molecule has 1 aromatic rings. The lowest BCUT2D eigenvalue weighted by molar-refractivity contribution is -0.132. The minimum atomic E-state index is -0.274. The highest BCUT2D eigenvalue weighted by Crippen LogP contribution is 2.22. The summed E-state index contributed by atoms with van der Waals surface area (Å²) in [5.74, 6) is -0.465. The number of halogens is 1. The van der Waals surface area contributed by atoms with Gasteiger partial charge in [0.15, 0.2) is 0 Å². The van der Waals surface area contributed by atoms with Crippen molar-refractivity contribution in [2.75, 3.05) is 45.8 Å². The Morgan fingerprint density at radius 3 is 2.80 bits per heavy atom. The SMILES string of the molecule is O=C(CN1CCNCC1c1cccc(F)c1)NCC(=O)N1CCCC1. The van der Waals surface area contributed by atoms with Gasteiger partial charge in [-0.2, -0.15) is 0 Å². The van der Waals surface area contributed by atoms with Crippen molar-refractivity contribution in [1.29, 1.82) is 0 Å². The molecule has 0 radical (unpaired) electrons. The van der Waals surface area contributed by atoms with Crippen molar-refractivity contribution in [1.82, 2.24) is 20.4 Å². The fourth-order valence-corrected chi connectivity index (χ4v) is 3.47. The summed E-state index contributed by atoms with van der Waals surface area (Å²) in [4.78, 5) is 28.1. The summed E-state index contributed by atoms with van der Waals surface area (Å²) < 4.78 is 13.5. The third kappa shape index (κ3) is 4.76. The molecule has 25 heavy (non-hydrogen) atoms. The van der Waals surface area contributed by atoms with Gasteiger partial charge in [0.05, 0.1) is 13.1 Å². The summed E-state index contributed by atoms with van der Waals surface area (Å²) in [6.07, 6.45) is 2.07. The summed E-state index contributed by atoms with van der Waals surface area (Å²) in [6, 6.07) is 6.44. The van der Waals surface area contributed by atoms with Gasteiger partial charge in [0.1, 0.15) is 5.82 Å². The number of amides is 2. The largest absolute Gasteiger partial charge is 0.346 e. The molecule has 2 aliphatic heterocycles. The number of nitrogens with one attached hydrogen (secondary N) is 2. The minimum absolute atomic E-state index is 0.0205. The van der Waals surface area contributed by atoms with E-state index < -0.39 is 0 Å². The number of likely N-dealkylation sites (tertiary alicyclic amines) is 1. The maximum absolute atomic E-state index is 13.5. The second-order valence-electron chi connectivity index (χ2n) is 6.61. The van der Waals surface area contributed by atoms with E-state index in [0.29, 0.717) is 13.1 Å². The predicted octanol–water partition coefficient (Wildman–Crippen LogP) is 0.511. The van der Waals surface area contributed by atoms with Crippen LogP contribution in [0.25, 0.3) is 0 Å². The lowest BCUT2D eigenvalue weighted by Crippen LogP contribution is -2.50. The van der Waals surface area contributed by atoms with Crippen molar-refractivity contribution in [3.63, 3.8) is 0 Å².